The molecule has 1 aromatic heterocycles. The minimum absolute atomic E-state index is 0.0233. The molecular weight excluding hydrogens is 432 g/mol. The smallest absolute Gasteiger partial charge is 0.247 e. The summed E-state index contributed by atoms with van der Waals surface area (Å²) in [4.78, 5) is 19.9. The van der Waals surface area contributed by atoms with Gasteiger partial charge in [-0.2, -0.15) is 4.98 Å². The van der Waals surface area contributed by atoms with Gasteiger partial charge in [0, 0.05) is 23.3 Å². The van der Waals surface area contributed by atoms with E-state index in [9.17, 15) is 4.79 Å². The van der Waals surface area contributed by atoms with E-state index in [1.807, 2.05) is 52.0 Å². The maximum absolute atomic E-state index is 13.4. The first-order chi connectivity index (χ1) is 15.8. The minimum Gasteiger partial charge on any atom is -0.447 e. The van der Waals surface area contributed by atoms with E-state index in [4.69, 9.17) is 9.72 Å². The number of aromatic nitrogens is 3. The van der Waals surface area contributed by atoms with Crippen molar-refractivity contribution in [3.8, 4) is 17.1 Å². The molecule has 172 valence electrons. The maximum Gasteiger partial charge on any atom is 0.247 e. The lowest BCUT2D eigenvalue weighted by Crippen LogP contribution is -2.37. The normalized spacial score (nSPS) is 15.0. The van der Waals surface area contributed by atoms with E-state index in [1.165, 1.54) is 0 Å². The Balaban J connectivity index is 1.96. The van der Waals surface area contributed by atoms with Crippen LogP contribution in [0.1, 0.15) is 55.7 Å². The van der Waals surface area contributed by atoms with Gasteiger partial charge < -0.3 is 4.74 Å². The summed E-state index contributed by atoms with van der Waals surface area (Å²) in [5.74, 6) is 1.77. The zero-order chi connectivity index (χ0) is 23.7. The Kier molecular flexibility index (Phi) is 6.70. The number of hydrogen-bond acceptors (Lipinski definition) is 6. The fraction of sp³-hybridized carbons (Fsp3) is 0.385. The van der Waals surface area contributed by atoms with Gasteiger partial charge in [0.1, 0.15) is 0 Å². The standard InChI is InChI=1S/C26H30N4O2S/c1-7-21(31)30-23-18(6)11-17(5)13-20(23)22-24(27-26(29-28-22)33-14-15(2)3)32-25(30)19-10-8-9-16(4)12-19/h8-13,15,25H,7,14H2,1-6H3. The van der Waals surface area contributed by atoms with Gasteiger partial charge in [0.05, 0.1) is 5.69 Å². The highest BCUT2D eigenvalue weighted by atomic mass is 32.2. The number of hydrogen-bond donors (Lipinski definition) is 0. The van der Waals surface area contributed by atoms with Crippen LogP contribution in [0.15, 0.2) is 41.6 Å². The number of thioether (sulfide) groups is 1. The second kappa shape index (κ2) is 9.51. The molecule has 0 saturated carbocycles. The molecule has 3 aromatic rings. The summed E-state index contributed by atoms with van der Waals surface area (Å²) in [5.41, 5.74) is 6.24. The first-order valence-electron chi connectivity index (χ1n) is 11.3. The van der Waals surface area contributed by atoms with Crippen LogP contribution in [0.2, 0.25) is 0 Å². The molecule has 0 spiro atoms. The second-order valence-electron chi connectivity index (χ2n) is 8.93. The highest BCUT2D eigenvalue weighted by molar-refractivity contribution is 7.99. The van der Waals surface area contributed by atoms with Crippen molar-refractivity contribution in [1.29, 1.82) is 0 Å². The van der Waals surface area contributed by atoms with Gasteiger partial charge in [0.2, 0.25) is 23.2 Å². The predicted molar refractivity (Wildman–Crippen MR) is 133 cm³/mol. The van der Waals surface area contributed by atoms with Crippen LogP contribution in [-0.4, -0.2) is 26.8 Å². The summed E-state index contributed by atoms with van der Waals surface area (Å²) in [5, 5.41) is 9.51. The van der Waals surface area contributed by atoms with Crippen LogP contribution < -0.4 is 9.64 Å². The summed E-state index contributed by atoms with van der Waals surface area (Å²) < 4.78 is 6.54. The Bertz CT molecular complexity index is 1190. The number of nitrogens with zero attached hydrogens (tertiary/aromatic N) is 4. The molecule has 7 heteroatoms. The second-order valence-corrected chi connectivity index (χ2v) is 9.92. The zero-order valence-corrected chi connectivity index (χ0v) is 20.9. The van der Waals surface area contributed by atoms with Gasteiger partial charge in [-0.3, -0.25) is 9.69 Å². The molecule has 1 unspecified atom stereocenters. The number of aryl methyl sites for hydroxylation is 3. The molecule has 1 aliphatic rings. The van der Waals surface area contributed by atoms with E-state index in [1.54, 1.807) is 16.7 Å². The molecule has 33 heavy (non-hydrogen) atoms. The van der Waals surface area contributed by atoms with Gasteiger partial charge in [-0.1, -0.05) is 74.0 Å². The quantitative estimate of drug-likeness (QED) is 0.430. The Labute approximate surface area is 199 Å². The Morgan fingerprint density at radius 1 is 1.12 bits per heavy atom. The number of amides is 1. The lowest BCUT2D eigenvalue weighted by molar-refractivity contribution is -0.120. The van der Waals surface area contributed by atoms with Crippen molar-refractivity contribution < 1.29 is 9.53 Å². The molecule has 1 amide bonds. The third kappa shape index (κ3) is 4.74. The van der Waals surface area contributed by atoms with Crippen molar-refractivity contribution in [3.05, 3.63) is 58.7 Å². The average Bonchev–Trinajstić information content (AvgIpc) is 2.91. The van der Waals surface area contributed by atoms with Gasteiger partial charge in [-0.15, -0.1) is 10.2 Å². The SMILES string of the molecule is CCC(=O)N1c2c(C)cc(C)cc2-c2nnc(SCC(C)C)nc2OC1c1cccc(C)c1. The molecule has 0 fully saturated rings. The summed E-state index contributed by atoms with van der Waals surface area (Å²) >= 11 is 1.56. The van der Waals surface area contributed by atoms with E-state index in [2.05, 4.69) is 36.2 Å². The van der Waals surface area contributed by atoms with Crippen molar-refractivity contribution in [2.24, 2.45) is 5.92 Å². The van der Waals surface area contributed by atoms with Crippen molar-refractivity contribution in [3.63, 3.8) is 0 Å². The van der Waals surface area contributed by atoms with E-state index in [0.29, 0.717) is 29.1 Å². The minimum atomic E-state index is -0.654. The van der Waals surface area contributed by atoms with Crippen molar-refractivity contribution in [1.82, 2.24) is 15.2 Å². The van der Waals surface area contributed by atoms with Crippen LogP contribution >= 0.6 is 11.8 Å². The van der Waals surface area contributed by atoms with E-state index >= 15 is 0 Å². The molecule has 0 aliphatic carbocycles. The third-order valence-corrected chi connectivity index (χ3v) is 6.74. The van der Waals surface area contributed by atoms with Crippen LogP contribution in [0.3, 0.4) is 0 Å². The summed E-state index contributed by atoms with van der Waals surface area (Å²) in [6, 6.07) is 12.2. The monoisotopic (exact) mass is 462 g/mol. The highest BCUT2D eigenvalue weighted by Gasteiger charge is 2.36. The Morgan fingerprint density at radius 2 is 1.91 bits per heavy atom. The zero-order valence-electron chi connectivity index (χ0n) is 20.0. The number of ether oxygens (including phenoxy) is 1. The summed E-state index contributed by atoms with van der Waals surface area (Å²) in [6.45, 7) is 12.3. The molecule has 4 rings (SSSR count). The van der Waals surface area contributed by atoms with Crippen LogP contribution in [-0.2, 0) is 4.79 Å². The number of rotatable bonds is 5. The highest BCUT2D eigenvalue weighted by Crippen LogP contribution is 2.45. The van der Waals surface area contributed by atoms with Gasteiger partial charge >= 0.3 is 0 Å². The lowest BCUT2D eigenvalue weighted by Gasteiger charge is -2.32. The van der Waals surface area contributed by atoms with E-state index in [0.717, 1.165) is 39.3 Å². The molecule has 0 radical (unpaired) electrons. The first kappa shape index (κ1) is 23.2. The average molecular weight is 463 g/mol. The van der Waals surface area contributed by atoms with E-state index in [-0.39, 0.29) is 5.91 Å². The van der Waals surface area contributed by atoms with Gasteiger partial charge in [-0.05, 0) is 38.3 Å². The van der Waals surface area contributed by atoms with Gasteiger partial charge in [-0.25, -0.2) is 0 Å². The van der Waals surface area contributed by atoms with Gasteiger partial charge in [0.25, 0.3) is 0 Å². The Hall–Kier alpha value is -2.93. The first-order valence-corrected chi connectivity index (χ1v) is 12.3. The van der Waals surface area contributed by atoms with Crippen LogP contribution in [0.25, 0.3) is 11.3 Å². The van der Waals surface area contributed by atoms with Crippen molar-refractivity contribution in [2.75, 3.05) is 10.7 Å². The number of anilines is 1. The summed E-state index contributed by atoms with van der Waals surface area (Å²) in [7, 11) is 0. The van der Waals surface area contributed by atoms with Crippen LogP contribution in [0.5, 0.6) is 5.88 Å². The molecule has 1 atom stereocenters. The fourth-order valence-electron chi connectivity index (χ4n) is 4.05. The molecule has 1 aliphatic heterocycles. The van der Waals surface area contributed by atoms with E-state index < -0.39 is 6.23 Å². The molecule has 2 heterocycles. The topological polar surface area (TPSA) is 68.2 Å². The molecule has 6 nitrogen and oxygen atoms in total. The van der Waals surface area contributed by atoms with Crippen molar-refractivity contribution >= 4 is 23.4 Å². The van der Waals surface area contributed by atoms with Gasteiger partial charge in [0.15, 0.2) is 5.69 Å². The van der Waals surface area contributed by atoms with Crippen molar-refractivity contribution in [2.45, 2.75) is 59.3 Å². The largest absolute Gasteiger partial charge is 0.447 e. The number of carbonyl (C=O) groups excluding carboxylic acids is 1. The summed E-state index contributed by atoms with van der Waals surface area (Å²) in [6.07, 6.45) is -0.304. The third-order valence-electron chi connectivity index (χ3n) is 5.48. The molecule has 0 N–H and O–H groups in total. The fourth-order valence-corrected chi connectivity index (χ4v) is 4.78. The van der Waals surface area contributed by atoms with Crippen LogP contribution in [0.4, 0.5) is 5.69 Å². The molecular formula is C26H30N4O2S. The lowest BCUT2D eigenvalue weighted by atomic mass is 9.99. The Morgan fingerprint density at radius 3 is 2.61 bits per heavy atom. The number of benzene rings is 2. The van der Waals surface area contributed by atoms with Crippen LogP contribution in [0, 0.1) is 26.7 Å². The maximum atomic E-state index is 13.4. The predicted octanol–water partition coefficient (Wildman–Crippen LogP) is 6.05. The molecule has 0 bridgehead atoms. The number of carbonyl (C=O) groups is 1. The molecule has 0 saturated heterocycles. The molecule has 2 aromatic carbocycles. The number of fused-ring (bicyclic) bond motifs is 3.